The Morgan fingerprint density at radius 2 is 1.88 bits per heavy atom. The van der Waals surface area contributed by atoms with Gasteiger partial charge in [-0.2, -0.15) is 0 Å². The number of benzene rings is 1. The molecule has 0 spiro atoms. The molecular weight excluding hydrogens is 246 g/mol. The highest BCUT2D eigenvalue weighted by Gasteiger charge is 2.58. The minimum Gasteiger partial charge on any atom is -0.508 e. The number of aromatic hydroxyl groups is 1. The maximum Gasteiger partial charge on any atom is 0.255 e. The van der Waals surface area contributed by atoms with Crippen LogP contribution in [0, 0.1) is 0 Å². The van der Waals surface area contributed by atoms with Crippen LogP contribution in [0.2, 0.25) is 5.02 Å². The quantitative estimate of drug-likeness (QED) is 0.790. The van der Waals surface area contributed by atoms with Crippen LogP contribution in [0.4, 0.5) is 8.78 Å². The van der Waals surface area contributed by atoms with Crippen molar-refractivity contribution in [2.24, 2.45) is 0 Å². The van der Waals surface area contributed by atoms with Gasteiger partial charge in [0.05, 0.1) is 5.92 Å². The van der Waals surface area contributed by atoms with Crippen LogP contribution in [0.5, 0.6) is 5.75 Å². The number of rotatable bonds is 1. The SMILES string of the molecule is CC(C)(C)c1cc(C2CC2(F)F)c(Cl)cc1O. The van der Waals surface area contributed by atoms with E-state index in [1.165, 1.54) is 6.07 Å². The molecule has 0 saturated heterocycles. The van der Waals surface area contributed by atoms with Gasteiger partial charge >= 0.3 is 0 Å². The van der Waals surface area contributed by atoms with Crippen molar-refractivity contribution in [3.63, 3.8) is 0 Å². The van der Waals surface area contributed by atoms with E-state index in [9.17, 15) is 13.9 Å². The summed E-state index contributed by atoms with van der Waals surface area (Å²) in [5, 5.41) is 10.0. The summed E-state index contributed by atoms with van der Waals surface area (Å²) in [5.41, 5.74) is 0.798. The molecule has 2 rings (SSSR count). The van der Waals surface area contributed by atoms with Crippen LogP contribution in [0.3, 0.4) is 0 Å². The highest BCUT2D eigenvalue weighted by atomic mass is 35.5. The molecule has 0 amide bonds. The van der Waals surface area contributed by atoms with Crippen molar-refractivity contribution in [2.45, 2.75) is 44.4 Å². The summed E-state index contributed by atoms with van der Waals surface area (Å²) < 4.78 is 26.1. The summed E-state index contributed by atoms with van der Waals surface area (Å²) in [7, 11) is 0. The number of phenols is 1. The average Bonchev–Trinajstić information content (AvgIpc) is 2.72. The second-order valence-electron chi connectivity index (χ2n) is 5.66. The van der Waals surface area contributed by atoms with Crippen LogP contribution in [-0.4, -0.2) is 11.0 Å². The molecule has 0 heterocycles. The van der Waals surface area contributed by atoms with E-state index in [1.54, 1.807) is 6.07 Å². The molecule has 1 aromatic rings. The molecule has 0 radical (unpaired) electrons. The summed E-state index contributed by atoms with van der Waals surface area (Å²) in [6, 6.07) is 2.98. The number of hydrogen-bond acceptors (Lipinski definition) is 1. The normalized spacial score (nSPS) is 22.6. The predicted octanol–water partition coefficient (Wildman–Crippen LogP) is 4.47. The van der Waals surface area contributed by atoms with Gasteiger partial charge in [0, 0.05) is 11.4 Å². The first kappa shape index (κ1) is 12.6. The van der Waals surface area contributed by atoms with Crippen LogP contribution in [0.15, 0.2) is 12.1 Å². The molecule has 1 aliphatic carbocycles. The van der Waals surface area contributed by atoms with Crippen LogP contribution < -0.4 is 0 Å². The van der Waals surface area contributed by atoms with Gasteiger partial charge in [-0.05, 0) is 28.7 Å². The van der Waals surface area contributed by atoms with E-state index >= 15 is 0 Å². The Kier molecular flexibility index (Phi) is 2.66. The molecule has 1 aromatic carbocycles. The molecule has 1 atom stereocenters. The minimum atomic E-state index is -2.64. The Balaban J connectivity index is 2.48. The zero-order chi connectivity index (χ0) is 13.0. The number of alkyl halides is 2. The monoisotopic (exact) mass is 260 g/mol. The molecular formula is C13H15ClF2O. The van der Waals surface area contributed by atoms with Gasteiger partial charge in [-0.3, -0.25) is 0 Å². The maximum absolute atomic E-state index is 13.1. The van der Waals surface area contributed by atoms with Gasteiger partial charge in [-0.1, -0.05) is 32.4 Å². The van der Waals surface area contributed by atoms with Crippen molar-refractivity contribution in [1.82, 2.24) is 0 Å². The number of hydrogen-bond donors (Lipinski definition) is 1. The summed E-state index contributed by atoms with van der Waals surface area (Å²) >= 11 is 5.92. The fraction of sp³-hybridized carbons (Fsp3) is 0.538. The summed E-state index contributed by atoms with van der Waals surface area (Å²) in [4.78, 5) is 0. The predicted molar refractivity (Wildman–Crippen MR) is 64.1 cm³/mol. The van der Waals surface area contributed by atoms with Crippen LogP contribution in [0.1, 0.15) is 44.2 Å². The second kappa shape index (κ2) is 3.58. The molecule has 17 heavy (non-hydrogen) atoms. The number of phenolic OH excluding ortho intramolecular Hbond substituents is 1. The van der Waals surface area contributed by atoms with E-state index in [4.69, 9.17) is 11.6 Å². The first-order valence-electron chi connectivity index (χ1n) is 5.53. The molecule has 0 aliphatic heterocycles. The molecule has 1 N–H and O–H groups in total. The summed E-state index contributed by atoms with van der Waals surface area (Å²) in [6.07, 6.45) is -0.152. The molecule has 1 aliphatic rings. The fourth-order valence-corrected chi connectivity index (χ4v) is 2.29. The fourth-order valence-electron chi connectivity index (χ4n) is 2.00. The Bertz CT molecular complexity index is 463. The maximum atomic E-state index is 13.1. The molecule has 4 heteroatoms. The molecule has 1 saturated carbocycles. The second-order valence-corrected chi connectivity index (χ2v) is 6.07. The van der Waals surface area contributed by atoms with Crippen LogP contribution in [-0.2, 0) is 5.41 Å². The molecule has 1 unspecified atom stereocenters. The van der Waals surface area contributed by atoms with E-state index < -0.39 is 11.8 Å². The Hall–Kier alpha value is -0.830. The Morgan fingerprint density at radius 1 is 1.35 bits per heavy atom. The van der Waals surface area contributed by atoms with Crippen molar-refractivity contribution in [1.29, 1.82) is 0 Å². The lowest BCUT2D eigenvalue weighted by molar-refractivity contribution is 0.112. The molecule has 1 fully saturated rings. The highest BCUT2D eigenvalue weighted by Crippen LogP contribution is 2.58. The van der Waals surface area contributed by atoms with E-state index in [-0.39, 0.29) is 22.6 Å². The summed E-state index contributed by atoms with van der Waals surface area (Å²) in [6.45, 7) is 5.76. The van der Waals surface area contributed by atoms with Crippen molar-refractivity contribution < 1.29 is 13.9 Å². The van der Waals surface area contributed by atoms with Gasteiger partial charge in [-0.25, -0.2) is 8.78 Å². The van der Waals surface area contributed by atoms with Gasteiger partial charge in [0.25, 0.3) is 5.92 Å². The lowest BCUT2D eigenvalue weighted by atomic mass is 9.85. The van der Waals surface area contributed by atoms with Gasteiger partial charge in [-0.15, -0.1) is 0 Å². The van der Waals surface area contributed by atoms with Gasteiger partial charge in [0.1, 0.15) is 5.75 Å². The first-order valence-corrected chi connectivity index (χ1v) is 5.91. The highest BCUT2D eigenvalue weighted by molar-refractivity contribution is 6.31. The van der Waals surface area contributed by atoms with Crippen LogP contribution >= 0.6 is 11.6 Å². The van der Waals surface area contributed by atoms with Gasteiger partial charge < -0.3 is 5.11 Å². The molecule has 1 nitrogen and oxygen atoms in total. The summed E-state index contributed by atoms with van der Waals surface area (Å²) in [5.74, 6) is -3.37. The van der Waals surface area contributed by atoms with E-state index in [0.29, 0.717) is 11.1 Å². The lowest BCUT2D eigenvalue weighted by Gasteiger charge is -2.22. The largest absolute Gasteiger partial charge is 0.508 e. The average molecular weight is 261 g/mol. The van der Waals surface area contributed by atoms with Crippen molar-refractivity contribution in [3.05, 3.63) is 28.3 Å². The molecule has 0 aromatic heterocycles. The Morgan fingerprint density at radius 3 is 2.29 bits per heavy atom. The standard InChI is InChI=1S/C13H15ClF2O/c1-12(2,3)8-4-7(9-6-13(9,15)16)10(14)5-11(8)17/h4-5,9,17H,6H2,1-3H3. The number of halogens is 3. The van der Waals surface area contributed by atoms with Gasteiger partial charge in [0.15, 0.2) is 0 Å². The third-order valence-corrected chi connectivity index (χ3v) is 3.45. The third kappa shape index (κ3) is 2.25. The van der Waals surface area contributed by atoms with Crippen molar-refractivity contribution >= 4 is 11.6 Å². The van der Waals surface area contributed by atoms with Crippen molar-refractivity contribution in [2.75, 3.05) is 0 Å². The first-order chi connectivity index (χ1) is 7.63. The molecule has 94 valence electrons. The molecule has 0 bridgehead atoms. The topological polar surface area (TPSA) is 20.2 Å². The smallest absolute Gasteiger partial charge is 0.255 e. The zero-order valence-electron chi connectivity index (χ0n) is 10.0. The Labute approximate surface area is 104 Å². The van der Waals surface area contributed by atoms with E-state index in [2.05, 4.69) is 0 Å². The van der Waals surface area contributed by atoms with Crippen LogP contribution in [0.25, 0.3) is 0 Å². The van der Waals surface area contributed by atoms with E-state index in [1.807, 2.05) is 20.8 Å². The lowest BCUT2D eigenvalue weighted by Crippen LogP contribution is -2.12. The zero-order valence-corrected chi connectivity index (χ0v) is 10.8. The van der Waals surface area contributed by atoms with E-state index in [0.717, 1.165) is 0 Å². The third-order valence-electron chi connectivity index (χ3n) is 3.12. The minimum absolute atomic E-state index is 0.0650. The van der Waals surface area contributed by atoms with Crippen molar-refractivity contribution in [3.8, 4) is 5.75 Å². The van der Waals surface area contributed by atoms with Gasteiger partial charge in [0.2, 0.25) is 0 Å².